The molecule has 1 aliphatic carbocycles. The molecule has 0 atom stereocenters. The second kappa shape index (κ2) is 12.7. The molecule has 272 valence electrons. The van der Waals surface area contributed by atoms with Crippen molar-refractivity contribution in [2.24, 2.45) is 0 Å². The smallest absolute Gasteiger partial charge is 0.137 e. The topological polar surface area (TPSA) is 29.5 Å². The molecule has 0 saturated heterocycles. The lowest BCUT2D eigenvalue weighted by Crippen LogP contribution is -2.28. The van der Waals surface area contributed by atoms with Crippen molar-refractivity contribution >= 4 is 60.9 Å². The summed E-state index contributed by atoms with van der Waals surface area (Å²) in [5, 5.41) is 4.36. The van der Waals surface area contributed by atoms with E-state index < -0.39 is 5.41 Å². The maximum absolute atomic E-state index is 6.79. The molecule has 0 radical (unpaired) electrons. The maximum Gasteiger partial charge on any atom is 0.137 e. The number of para-hydroxylation sites is 1. The summed E-state index contributed by atoms with van der Waals surface area (Å²) in [6, 6.07) is 76.1. The van der Waals surface area contributed by atoms with Crippen molar-refractivity contribution in [2.45, 2.75) is 5.41 Å². The van der Waals surface area contributed by atoms with E-state index in [1.807, 2.05) is 12.1 Å². The molecular weight excluding hydrogens is 707 g/mol. The summed E-state index contributed by atoms with van der Waals surface area (Å²) < 4.78 is 13.2. The van der Waals surface area contributed by atoms with Crippen molar-refractivity contribution in [3.8, 4) is 22.3 Å². The van der Waals surface area contributed by atoms with E-state index in [1.54, 1.807) is 0 Å². The van der Waals surface area contributed by atoms with Crippen molar-refractivity contribution in [2.75, 3.05) is 4.90 Å². The van der Waals surface area contributed by atoms with E-state index in [-0.39, 0.29) is 0 Å². The van der Waals surface area contributed by atoms with Crippen LogP contribution in [0.1, 0.15) is 22.3 Å². The molecule has 0 spiro atoms. The Morgan fingerprint density at radius 3 is 1.66 bits per heavy atom. The average molecular weight is 742 g/mol. The Morgan fingerprint density at radius 1 is 0.310 bits per heavy atom. The molecule has 11 aromatic rings. The minimum absolute atomic E-state index is 0.497. The summed E-state index contributed by atoms with van der Waals surface area (Å²) in [6.45, 7) is 0. The Labute approximate surface area is 335 Å². The van der Waals surface area contributed by atoms with Gasteiger partial charge in [-0.1, -0.05) is 152 Å². The quantitative estimate of drug-likeness (QED) is 0.170. The molecule has 2 heterocycles. The molecule has 9 aromatic carbocycles. The van der Waals surface area contributed by atoms with E-state index in [4.69, 9.17) is 8.83 Å². The van der Waals surface area contributed by atoms with E-state index in [0.29, 0.717) is 0 Å². The van der Waals surface area contributed by atoms with Crippen LogP contribution in [0.3, 0.4) is 0 Å². The first-order valence-corrected chi connectivity index (χ1v) is 19.8. The molecule has 0 amide bonds. The number of furan rings is 2. The van der Waals surface area contributed by atoms with Crippen molar-refractivity contribution in [3.05, 3.63) is 235 Å². The molecule has 0 fully saturated rings. The number of benzene rings is 9. The Morgan fingerprint density at radius 2 is 0.862 bits per heavy atom. The number of nitrogens with zero attached hydrogens (tertiary/aromatic N) is 1. The van der Waals surface area contributed by atoms with Gasteiger partial charge in [-0.15, -0.1) is 0 Å². The molecule has 3 nitrogen and oxygen atoms in total. The van der Waals surface area contributed by atoms with E-state index in [2.05, 4.69) is 205 Å². The van der Waals surface area contributed by atoms with Crippen LogP contribution in [-0.4, -0.2) is 0 Å². The molecule has 58 heavy (non-hydrogen) atoms. The minimum atomic E-state index is -0.497. The van der Waals surface area contributed by atoms with E-state index >= 15 is 0 Å². The Bertz CT molecular complexity index is 3310. The minimum Gasteiger partial charge on any atom is -0.456 e. The number of rotatable bonds is 6. The summed E-state index contributed by atoms with van der Waals surface area (Å²) in [5.74, 6) is 0. The Hall–Kier alpha value is -7.62. The molecule has 1 aliphatic rings. The number of hydrogen-bond acceptors (Lipinski definition) is 3. The monoisotopic (exact) mass is 741 g/mol. The number of hydrogen-bond donors (Lipinski definition) is 0. The van der Waals surface area contributed by atoms with Gasteiger partial charge in [-0.2, -0.15) is 0 Å². The third-order valence-electron chi connectivity index (χ3n) is 12.1. The van der Waals surface area contributed by atoms with Gasteiger partial charge < -0.3 is 13.7 Å². The molecule has 0 unspecified atom stereocenters. The molecule has 0 bridgehead atoms. The third-order valence-corrected chi connectivity index (χ3v) is 12.1. The largest absolute Gasteiger partial charge is 0.456 e. The van der Waals surface area contributed by atoms with Crippen molar-refractivity contribution in [3.63, 3.8) is 0 Å². The van der Waals surface area contributed by atoms with Crippen molar-refractivity contribution < 1.29 is 8.83 Å². The van der Waals surface area contributed by atoms with Gasteiger partial charge in [-0.25, -0.2) is 0 Å². The van der Waals surface area contributed by atoms with Gasteiger partial charge in [0, 0.05) is 44.7 Å². The van der Waals surface area contributed by atoms with Crippen LogP contribution in [0.25, 0.3) is 66.1 Å². The Kier molecular flexibility index (Phi) is 7.14. The molecular formula is C55H35NO2. The normalized spacial score (nSPS) is 13.0. The van der Waals surface area contributed by atoms with Gasteiger partial charge in [-0.05, 0) is 99.1 Å². The predicted octanol–water partition coefficient (Wildman–Crippen LogP) is 15.0. The lowest BCUT2D eigenvalue weighted by molar-refractivity contribution is 0.665. The lowest BCUT2D eigenvalue weighted by atomic mass is 9.67. The molecule has 12 rings (SSSR count). The standard InChI is InChI=1S/C55H35NO2/c1-3-14-36(15-4-1)37-16-13-19-40(32-37)56(42-27-30-46-45-22-9-12-25-51(45)57-54(46)35-42)41-28-31-52-48(34-41)47-29-26-39(33-53(47)58-52)55(38-17-5-2-6-18-38)49-23-10-7-20-43(49)44-21-8-11-24-50(44)55/h1-35H. The lowest BCUT2D eigenvalue weighted by Gasteiger charge is -2.33. The van der Waals surface area contributed by atoms with Crippen LogP contribution < -0.4 is 4.90 Å². The highest BCUT2D eigenvalue weighted by Crippen LogP contribution is 2.56. The fourth-order valence-corrected chi connectivity index (χ4v) is 9.61. The third kappa shape index (κ3) is 4.80. The highest BCUT2D eigenvalue weighted by Gasteiger charge is 2.46. The van der Waals surface area contributed by atoms with Crippen LogP contribution in [0, 0.1) is 0 Å². The molecule has 0 aliphatic heterocycles. The van der Waals surface area contributed by atoms with Crippen LogP contribution in [0.5, 0.6) is 0 Å². The molecule has 0 saturated carbocycles. The summed E-state index contributed by atoms with van der Waals surface area (Å²) in [6.07, 6.45) is 0. The summed E-state index contributed by atoms with van der Waals surface area (Å²) in [4.78, 5) is 2.32. The van der Waals surface area contributed by atoms with E-state index in [0.717, 1.165) is 66.5 Å². The van der Waals surface area contributed by atoms with Crippen molar-refractivity contribution in [1.29, 1.82) is 0 Å². The van der Waals surface area contributed by atoms with E-state index in [1.165, 1.54) is 38.9 Å². The zero-order valence-corrected chi connectivity index (χ0v) is 31.5. The fraction of sp³-hybridized carbons (Fsp3) is 0.0182. The number of fused-ring (bicyclic) bond motifs is 9. The summed E-state index contributed by atoms with van der Waals surface area (Å²) in [5.41, 5.74) is 15.9. The van der Waals surface area contributed by atoms with Crippen LogP contribution in [0.2, 0.25) is 0 Å². The zero-order chi connectivity index (χ0) is 38.2. The van der Waals surface area contributed by atoms with Gasteiger partial charge >= 0.3 is 0 Å². The zero-order valence-electron chi connectivity index (χ0n) is 31.5. The summed E-state index contributed by atoms with van der Waals surface area (Å²) in [7, 11) is 0. The van der Waals surface area contributed by atoms with Gasteiger partial charge in [0.2, 0.25) is 0 Å². The van der Waals surface area contributed by atoms with Gasteiger partial charge in [-0.3, -0.25) is 0 Å². The SMILES string of the molecule is c1ccc(-c2cccc(N(c3ccc4c(c3)oc3ccccc34)c3ccc4oc5cc(C6(c7ccccc7)c7ccccc7-c7ccccc76)ccc5c4c3)c2)cc1. The second-order valence-corrected chi connectivity index (χ2v) is 15.2. The van der Waals surface area contributed by atoms with Gasteiger partial charge in [0.15, 0.2) is 0 Å². The Balaban J connectivity index is 1.05. The van der Waals surface area contributed by atoms with Crippen molar-refractivity contribution in [1.82, 2.24) is 0 Å². The number of anilines is 3. The first-order valence-electron chi connectivity index (χ1n) is 19.8. The highest BCUT2D eigenvalue weighted by molar-refractivity contribution is 6.08. The fourth-order valence-electron chi connectivity index (χ4n) is 9.61. The van der Waals surface area contributed by atoms with Crippen LogP contribution >= 0.6 is 0 Å². The summed E-state index contributed by atoms with van der Waals surface area (Å²) >= 11 is 0. The maximum atomic E-state index is 6.79. The first kappa shape index (κ1) is 32.6. The van der Waals surface area contributed by atoms with Crippen LogP contribution in [0.15, 0.2) is 221 Å². The van der Waals surface area contributed by atoms with Gasteiger partial charge in [0.1, 0.15) is 22.3 Å². The molecule has 0 N–H and O–H groups in total. The first-order chi connectivity index (χ1) is 28.7. The van der Waals surface area contributed by atoms with Crippen LogP contribution in [0.4, 0.5) is 17.1 Å². The molecule has 2 aromatic heterocycles. The van der Waals surface area contributed by atoms with E-state index in [9.17, 15) is 0 Å². The van der Waals surface area contributed by atoms with Gasteiger partial charge in [0.25, 0.3) is 0 Å². The predicted molar refractivity (Wildman–Crippen MR) is 238 cm³/mol. The highest BCUT2D eigenvalue weighted by atomic mass is 16.3. The molecule has 3 heteroatoms. The second-order valence-electron chi connectivity index (χ2n) is 15.2. The van der Waals surface area contributed by atoms with Crippen LogP contribution in [-0.2, 0) is 5.41 Å². The van der Waals surface area contributed by atoms with Gasteiger partial charge in [0.05, 0.1) is 5.41 Å². The average Bonchev–Trinajstić information content (AvgIpc) is 3.95.